The lowest BCUT2D eigenvalue weighted by Crippen LogP contribution is -2.38. The monoisotopic (exact) mass is 210 g/mol. The summed E-state index contributed by atoms with van der Waals surface area (Å²) in [5, 5.41) is 3.02. The SMILES string of the molecule is CCONC(=O)NC1C2C3CCC(C3)C12. The van der Waals surface area contributed by atoms with Crippen molar-refractivity contribution in [3.05, 3.63) is 0 Å². The van der Waals surface area contributed by atoms with Crippen molar-refractivity contribution in [3.63, 3.8) is 0 Å². The molecule has 0 heterocycles. The number of hydroxylamine groups is 1. The maximum atomic E-state index is 11.4. The molecule has 4 nitrogen and oxygen atoms in total. The van der Waals surface area contributed by atoms with Crippen LogP contribution in [-0.2, 0) is 4.84 Å². The first-order valence-corrected chi connectivity index (χ1v) is 5.99. The molecule has 0 radical (unpaired) electrons. The van der Waals surface area contributed by atoms with Crippen LogP contribution in [0.1, 0.15) is 26.2 Å². The van der Waals surface area contributed by atoms with Crippen molar-refractivity contribution in [2.24, 2.45) is 23.7 Å². The van der Waals surface area contributed by atoms with Crippen LogP contribution >= 0.6 is 0 Å². The highest BCUT2D eigenvalue weighted by molar-refractivity contribution is 5.73. The van der Waals surface area contributed by atoms with Crippen molar-refractivity contribution in [2.45, 2.75) is 32.2 Å². The van der Waals surface area contributed by atoms with E-state index in [1.807, 2.05) is 6.92 Å². The van der Waals surface area contributed by atoms with Crippen LogP contribution in [0.4, 0.5) is 4.79 Å². The Hall–Kier alpha value is -0.770. The van der Waals surface area contributed by atoms with Gasteiger partial charge in [0.15, 0.2) is 0 Å². The first-order valence-electron chi connectivity index (χ1n) is 5.99. The molecular weight excluding hydrogens is 192 g/mol. The number of hydrogen-bond donors (Lipinski definition) is 2. The highest BCUT2D eigenvalue weighted by Gasteiger charge is 2.65. The summed E-state index contributed by atoms with van der Waals surface area (Å²) in [6.07, 6.45) is 4.19. The molecule has 84 valence electrons. The van der Waals surface area contributed by atoms with E-state index in [2.05, 4.69) is 10.8 Å². The van der Waals surface area contributed by atoms with Gasteiger partial charge in [-0.15, -0.1) is 0 Å². The molecule has 4 atom stereocenters. The van der Waals surface area contributed by atoms with Gasteiger partial charge in [-0.3, -0.25) is 4.84 Å². The summed E-state index contributed by atoms with van der Waals surface area (Å²) < 4.78 is 0. The Kier molecular flexibility index (Phi) is 2.12. The highest BCUT2D eigenvalue weighted by Crippen LogP contribution is 2.65. The molecule has 0 aromatic carbocycles. The Bertz CT molecular complexity index is 266. The van der Waals surface area contributed by atoms with Crippen LogP contribution in [0.3, 0.4) is 0 Å². The molecule has 3 aliphatic carbocycles. The molecule has 3 rings (SSSR count). The molecule has 0 spiro atoms. The van der Waals surface area contributed by atoms with Crippen LogP contribution in [0.15, 0.2) is 0 Å². The maximum absolute atomic E-state index is 11.4. The fourth-order valence-electron chi connectivity index (χ4n) is 3.84. The number of hydrogen-bond acceptors (Lipinski definition) is 2. The molecule has 2 bridgehead atoms. The van der Waals surface area contributed by atoms with E-state index in [1.54, 1.807) is 0 Å². The van der Waals surface area contributed by atoms with E-state index < -0.39 is 0 Å². The highest BCUT2D eigenvalue weighted by atomic mass is 16.7. The predicted octanol–water partition coefficient (Wildman–Crippen LogP) is 1.28. The zero-order chi connectivity index (χ0) is 10.4. The first kappa shape index (κ1) is 9.46. The molecule has 4 heteroatoms. The molecule has 0 aromatic rings. The molecule has 0 saturated heterocycles. The van der Waals surface area contributed by atoms with Gasteiger partial charge in [0.25, 0.3) is 0 Å². The predicted molar refractivity (Wildman–Crippen MR) is 54.9 cm³/mol. The molecule has 2 N–H and O–H groups in total. The summed E-state index contributed by atoms with van der Waals surface area (Å²) in [6.45, 7) is 2.36. The van der Waals surface area contributed by atoms with Crippen LogP contribution in [0.5, 0.6) is 0 Å². The number of carbonyl (C=O) groups is 1. The zero-order valence-electron chi connectivity index (χ0n) is 9.03. The average Bonchev–Trinajstić information content (AvgIpc) is 2.65. The Morgan fingerprint density at radius 2 is 2.00 bits per heavy atom. The van der Waals surface area contributed by atoms with E-state index in [-0.39, 0.29) is 6.03 Å². The van der Waals surface area contributed by atoms with Crippen molar-refractivity contribution in [1.82, 2.24) is 10.8 Å². The number of rotatable bonds is 3. The van der Waals surface area contributed by atoms with E-state index in [4.69, 9.17) is 4.84 Å². The Labute approximate surface area is 89.7 Å². The lowest BCUT2D eigenvalue weighted by molar-refractivity contribution is 0.0701. The normalized spacial score (nSPS) is 45.0. The number of carbonyl (C=O) groups excluding carboxylic acids is 1. The summed E-state index contributed by atoms with van der Waals surface area (Å²) in [7, 11) is 0. The lowest BCUT2D eigenvalue weighted by atomic mass is 10.0. The van der Waals surface area contributed by atoms with Gasteiger partial charge < -0.3 is 5.32 Å². The molecule has 3 saturated carbocycles. The second-order valence-corrected chi connectivity index (χ2v) is 5.02. The molecule has 3 fully saturated rings. The van der Waals surface area contributed by atoms with Gasteiger partial charge in [-0.05, 0) is 49.9 Å². The topological polar surface area (TPSA) is 50.4 Å². The third-order valence-electron chi connectivity index (χ3n) is 4.34. The Balaban J connectivity index is 1.49. The van der Waals surface area contributed by atoms with Crippen molar-refractivity contribution >= 4 is 6.03 Å². The third-order valence-corrected chi connectivity index (χ3v) is 4.34. The van der Waals surface area contributed by atoms with E-state index in [1.165, 1.54) is 19.3 Å². The van der Waals surface area contributed by atoms with Gasteiger partial charge in [-0.25, -0.2) is 10.3 Å². The fourth-order valence-corrected chi connectivity index (χ4v) is 3.84. The molecule has 3 aliphatic rings. The Morgan fingerprint density at radius 1 is 1.33 bits per heavy atom. The second-order valence-electron chi connectivity index (χ2n) is 5.02. The second kappa shape index (κ2) is 3.37. The molecule has 15 heavy (non-hydrogen) atoms. The van der Waals surface area contributed by atoms with Crippen LogP contribution in [0.2, 0.25) is 0 Å². The number of amides is 2. The summed E-state index contributed by atoms with van der Waals surface area (Å²) in [5.74, 6) is 3.38. The van der Waals surface area contributed by atoms with E-state index in [9.17, 15) is 4.79 Å². The number of fused-ring (bicyclic) bond motifs is 5. The van der Waals surface area contributed by atoms with Crippen LogP contribution in [0.25, 0.3) is 0 Å². The van der Waals surface area contributed by atoms with Gasteiger partial charge in [0.1, 0.15) is 0 Å². The minimum absolute atomic E-state index is 0.171. The van der Waals surface area contributed by atoms with Crippen molar-refractivity contribution in [2.75, 3.05) is 6.61 Å². The summed E-state index contributed by atoms with van der Waals surface area (Å²) >= 11 is 0. The maximum Gasteiger partial charge on any atom is 0.338 e. The van der Waals surface area contributed by atoms with Gasteiger partial charge >= 0.3 is 6.03 Å². The largest absolute Gasteiger partial charge is 0.338 e. The van der Waals surface area contributed by atoms with Crippen LogP contribution in [-0.4, -0.2) is 18.7 Å². The quantitative estimate of drug-likeness (QED) is 0.689. The molecular formula is C11H18N2O2. The van der Waals surface area contributed by atoms with Crippen molar-refractivity contribution in [1.29, 1.82) is 0 Å². The fraction of sp³-hybridized carbons (Fsp3) is 0.909. The van der Waals surface area contributed by atoms with E-state index in [0.29, 0.717) is 12.6 Å². The average molecular weight is 210 g/mol. The Morgan fingerprint density at radius 3 is 2.60 bits per heavy atom. The van der Waals surface area contributed by atoms with Crippen LogP contribution < -0.4 is 10.8 Å². The minimum Gasteiger partial charge on any atom is -0.333 e. The summed E-state index contributed by atoms with van der Waals surface area (Å²) in [6, 6.07) is 0.271. The van der Waals surface area contributed by atoms with Gasteiger partial charge in [-0.2, -0.15) is 0 Å². The summed E-state index contributed by atoms with van der Waals surface area (Å²) in [5.41, 5.74) is 2.39. The summed E-state index contributed by atoms with van der Waals surface area (Å²) in [4.78, 5) is 16.2. The van der Waals surface area contributed by atoms with Gasteiger partial charge in [0, 0.05) is 6.04 Å². The molecule has 0 aliphatic heterocycles. The van der Waals surface area contributed by atoms with Crippen molar-refractivity contribution < 1.29 is 9.63 Å². The van der Waals surface area contributed by atoms with Crippen molar-refractivity contribution in [3.8, 4) is 0 Å². The van der Waals surface area contributed by atoms with Gasteiger partial charge in [-0.1, -0.05) is 0 Å². The van der Waals surface area contributed by atoms with E-state index >= 15 is 0 Å². The minimum atomic E-state index is -0.171. The zero-order valence-corrected chi connectivity index (χ0v) is 9.03. The van der Waals surface area contributed by atoms with Gasteiger partial charge in [0.05, 0.1) is 6.61 Å². The first-order chi connectivity index (χ1) is 7.31. The molecule has 2 amide bonds. The van der Waals surface area contributed by atoms with E-state index in [0.717, 1.165) is 23.7 Å². The van der Waals surface area contributed by atoms with Crippen LogP contribution in [0, 0.1) is 23.7 Å². The van der Waals surface area contributed by atoms with Gasteiger partial charge in [0.2, 0.25) is 0 Å². The number of urea groups is 1. The molecule has 4 unspecified atom stereocenters. The molecule has 0 aromatic heterocycles. The smallest absolute Gasteiger partial charge is 0.333 e. The number of nitrogens with one attached hydrogen (secondary N) is 2. The third kappa shape index (κ3) is 1.42. The standard InChI is InChI=1S/C11H18N2O2/c1-2-15-13-11(14)12-10-8-6-3-4-7(5-6)9(8)10/h6-10H,2-5H2,1H3,(H2,12,13,14). The lowest BCUT2D eigenvalue weighted by Gasteiger charge is -2.10.